The first-order valence-corrected chi connectivity index (χ1v) is 5.53. The summed E-state index contributed by atoms with van der Waals surface area (Å²) in [6, 6.07) is 6.96. The molecule has 1 aromatic rings. The van der Waals surface area contributed by atoms with Gasteiger partial charge in [0, 0.05) is 32.6 Å². The fourth-order valence-corrected chi connectivity index (χ4v) is 1.56. The topological polar surface area (TPSA) is 73.2 Å². The van der Waals surface area contributed by atoms with Crippen LogP contribution in [0.1, 0.15) is 22.3 Å². The highest BCUT2D eigenvalue weighted by Crippen LogP contribution is 2.19. The monoisotopic (exact) mass is 245 g/mol. The molecule has 0 saturated heterocycles. The molecule has 5 heteroatoms. The van der Waals surface area contributed by atoms with Crippen molar-refractivity contribution < 1.29 is 9.59 Å². The molecule has 0 fully saturated rings. The van der Waals surface area contributed by atoms with Crippen molar-refractivity contribution in [2.24, 2.45) is 0 Å². The maximum Gasteiger partial charge on any atom is 0.221 e. The van der Waals surface area contributed by atoms with Crippen molar-refractivity contribution in [2.45, 2.75) is 6.42 Å². The third kappa shape index (κ3) is 3.32. The maximum absolute atomic E-state index is 11.2. The van der Waals surface area contributed by atoms with Crippen molar-refractivity contribution in [3.8, 4) is 6.07 Å². The van der Waals surface area contributed by atoms with E-state index < -0.39 is 0 Å². The number of hydrogen-bond acceptors (Lipinski definition) is 4. The molecular formula is C13H15N3O2. The number of hydrogen-bond donors (Lipinski definition) is 1. The molecule has 0 saturated carbocycles. The molecule has 1 N–H and O–H groups in total. The first-order valence-electron chi connectivity index (χ1n) is 5.53. The van der Waals surface area contributed by atoms with E-state index in [1.54, 1.807) is 32.3 Å². The van der Waals surface area contributed by atoms with E-state index in [1.165, 1.54) is 0 Å². The zero-order chi connectivity index (χ0) is 13.5. The molecule has 0 unspecified atom stereocenters. The normalized spacial score (nSPS) is 9.39. The summed E-state index contributed by atoms with van der Waals surface area (Å²) in [6.45, 7) is 0.509. The molecule has 1 rings (SSSR count). The van der Waals surface area contributed by atoms with Crippen molar-refractivity contribution in [3.63, 3.8) is 0 Å². The largest absolute Gasteiger partial charge is 0.373 e. The predicted molar refractivity (Wildman–Crippen MR) is 68.5 cm³/mol. The van der Waals surface area contributed by atoms with Crippen LogP contribution in [0.25, 0.3) is 0 Å². The Bertz CT molecular complexity index is 491. The van der Waals surface area contributed by atoms with Gasteiger partial charge in [-0.3, -0.25) is 9.59 Å². The molecule has 0 aliphatic rings. The van der Waals surface area contributed by atoms with E-state index >= 15 is 0 Å². The summed E-state index contributed by atoms with van der Waals surface area (Å²) in [5, 5.41) is 11.6. The van der Waals surface area contributed by atoms with Crippen LogP contribution in [0.3, 0.4) is 0 Å². The molecule has 0 aliphatic carbocycles. The van der Waals surface area contributed by atoms with Crippen LogP contribution >= 0.6 is 0 Å². The standard InChI is InChI=1S/C13H15N3O2/c1-15-13(18)5-6-16(2)12-4-3-10(9-17)7-11(12)8-14/h3-4,7,9H,5-6H2,1-2H3,(H,15,18). The average molecular weight is 245 g/mol. The molecule has 0 aliphatic heterocycles. The molecule has 18 heavy (non-hydrogen) atoms. The van der Waals surface area contributed by atoms with Gasteiger partial charge in [-0.05, 0) is 18.2 Å². The summed E-state index contributed by atoms with van der Waals surface area (Å²) in [4.78, 5) is 23.6. The van der Waals surface area contributed by atoms with E-state index in [-0.39, 0.29) is 5.91 Å². The van der Waals surface area contributed by atoms with Crippen LogP contribution in [-0.2, 0) is 4.79 Å². The van der Waals surface area contributed by atoms with E-state index in [4.69, 9.17) is 5.26 Å². The van der Waals surface area contributed by atoms with Crippen LogP contribution in [0, 0.1) is 11.3 Å². The van der Waals surface area contributed by atoms with E-state index in [1.807, 2.05) is 4.90 Å². The molecule has 94 valence electrons. The van der Waals surface area contributed by atoms with Gasteiger partial charge in [-0.1, -0.05) is 0 Å². The number of nitrogens with one attached hydrogen (secondary N) is 1. The van der Waals surface area contributed by atoms with Crippen LogP contribution in [0.15, 0.2) is 18.2 Å². The Balaban J connectivity index is 2.85. The zero-order valence-corrected chi connectivity index (χ0v) is 10.4. The van der Waals surface area contributed by atoms with Gasteiger partial charge in [0.1, 0.15) is 12.4 Å². The Morgan fingerprint density at radius 2 is 2.28 bits per heavy atom. The Kier molecular flexibility index (Phi) is 4.88. The van der Waals surface area contributed by atoms with Gasteiger partial charge in [-0.2, -0.15) is 5.26 Å². The van der Waals surface area contributed by atoms with Gasteiger partial charge in [0.05, 0.1) is 11.3 Å². The third-order valence-corrected chi connectivity index (χ3v) is 2.64. The Morgan fingerprint density at radius 1 is 1.56 bits per heavy atom. The van der Waals surface area contributed by atoms with Crippen molar-refractivity contribution in [1.29, 1.82) is 5.26 Å². The lowest BCUT2D eigenvalue weighted by molar-refractivity contribution is -0.120. The Labute approximate surface area is 106 Å². The average Bonchev–Trinajstić information content (AvgIpc) is 2.43. The minimum absolute atomic E-state index is 0.0510. The lowest BCUT2D eigenvalue weighted by Crippen LogP contribution is -2.26. The molecule has 0 bridgehead atoms. The summed E-state index contributed by atoms with van der Waals surface area (Å²) < 4.78 is 0. The SMILES string of the molecule is CNC(=O)CCN(C)c1ccc(C=O)cc1C#N. The molecule has 0 spiro atoms. The molecule has 1 aromatic carbocycles. The minimum atomic E-state index is -0.0510. The smallest absolute Gasteiger partial charge is 0.221 e. The number of carbonyl (C=O) groups is 2. The fraction of sp³-hybridized carbons (Fsp3) is 0.308. The molecule has 1 amide bonds. The second kappa shape index (κ2) is 6.40. The van der Waals surface area contributed by atoms with Crippen LogP contribution in [-0.4, -0.2) is 32.8 Å². The van der Waals surface area contributed by atoms with Crippen LogP contribution in [0.4, 0.5) is 5.69 Å². The molecule has 0 atom stereocenters. The number of aldehydes is 1. The summed E-state index contributed by atoms with van der Waals surface area (Å²) in [7, 11) is 3.39. The van der Waals surface area contributed by atoms with E-state index in [0.717, 1.165) is 0 Å². The van der Waals surface area contributed by atoms with Crippen LogP contribution < -0.4 is 10.2 Å². The highest BCUT2D eigenvalue weighted by molar-refractivity contribution is 5.79. The number of carbonyl (C=O) groups excluding carboxylic acids is 2. The number of amides is 1. The minimum Gasteiger partial charge on any atom is -0.373 e. The van der Waals surface area contributed by atoms with Gasteiger partial charge in [0.15, 0.2) is 0 Å². The summed E-state index contributed by atoms with van der Waals surface area (Å²) in [6.07, 6.45) is 1.06. The number of rotatable bonds is 5. The second-order valence-corrected chi connectivity index (χ2v) is 3.85. The van der Waals surface area contributed by atoms with Crippen LogP contribution in [0.5, 0.6) is 0 Å². The summed E-state index contributed by atoms with van der Waals surface area (Å²) >= 11 is 0. The van der Waals surface area contributed by atoms with Gasteiger partial charge < -0.3 is 10.2 Å². The first kappa shape index (κ1) is 13.7. The fourth-order valence-electron chi connectivity index (χ4n) is 1.56. The lowest BCUT2D eigenvalue weighted by atomic mass is 10.1. The first-order chi connectivity index (χ1) is 8.62. The predicted octanol–water partition coefficient (Wildman–Crippen LogP) is 0.943. The zero-order valence-electron chi connectivity index (χ0n) is 10.4. The van der Waals surface area contributed by atoms with Crippen LogP contribution in [0.2, 0.25) is 0 Å². The highest BCUT2D eigenvalue weighted by atomic mass is 16.1. The van der Waals surface area contributed by atoms with Gasteiger partial charge >= 0.3 is 0 Å². The number of nitriles is 1. The molecular weight excluding hydrogens is 230 g/mol. The highest BCUT2D eigenvalue weighted by Gasteiger charge is 2.09. The molecule has 5 nitrogen and oxygen atoms in total. The van der Waals surface area contributed by atoms with Gasteiger partial charge in [-0.15, -0.1) is 0 Å². The molecule has 0 heterocycles. The summed E-state index contributed by atoms with van der Waals surface area (Å²) in [5.74, 6) is -0.0510. The number of nitrogens with zero attached hydrogens (tertiary/aromatic N) is 2. The van der Waals surface area contributed by atoms with Gasteiger partial charge in [-0.25, -0.2) is 0 Å². The lowest BCUT2D eigenvalue weighted by Gasteiger charge is -2.20. The Hall–Kier alpha value is -2.35. The second-order valence-electron chi connectivity index (χ2n) is 3.85. The van der Waals surface area contributed by atoms with Crippen molar-refractivity contribution in [1.82, 2.24) is 5.32 Å². The van der Waals surface area contributed by atoms with E-state index in [0.29, 0.717) is 36.1 Å². The summed E-state index contributed by atoms with van der Waals surface area (Å²) in [5.41, 5.74) is 1.61. The van der Waals surface area contributed by atoms with Crippen molar-refractivity contribution in [2.75, 3.05) is 25.5 Å². The third-order valence-electron chi connectivity index (χ3n) is 2.64. The maximum atomic E-state index is 11.2. The van der Waals surface area contributed by atoms with E-state index in [9.17, 15) is 9.59 Å². The number of benzene rings is 1. The molecule has 0 aromatic heterocycles. The van der Waals surface area contributed by atoms with Crippen molar-refractivity contribution >= 4 is 17.9 Å². The van der Waals surface area contributed by atoms with Gasteiger partial charge in [0.25, 0.3) is 0 Å². The van der Waals surface area contributed by atoms with E-state index in [2.05, 4.69) is 11.4 Å². The molecule has 0 radical (unpaired) electrons. The number of anilines is 1. The van der Waals surface area contributed by atoms with Gasteiger partial charge in [0.2, 0.25) is 5.91 Å². The Morgan fingerprint density at radius 3 is 2.83 bits per heavy atom. The quantitative estimate of drug-likeness (QED) is 0.784. The van der Waals surface area contributed by atoms with Crippen molar-refractivity contribution in [3.05, 3.63) is 29.3 Å².